The summed E-state index contributed by atoms with van der Waals surface area (Å²) in [7, 11) is 0. The fourth-order valence-electron chi connectivity index (χ4n) is 1.79. The third kappa shape index (κ3) is 3.47. The van der Waals surface area contributed by atoms with Crippen molar-refractivity contribution in [2.24, 2.45) is 0 Å². The number of aromatic nitrogens is 2. The minimum absolute atomic E-state index is 0.00802. The van der Waals surface area contributed by atoms with Gasteiger partial charge in [0.1, 0.15) is 0 Å². The number of carbonyl (C=O) groups excluding carboxylic acids is 1. The molecule has 0 radical (unpaired) electrons. The van der Waals surface area contributed by atoms with Gasteiger partial charge in [0.05, 0.1) is 10.0 Å². The number of benzene rings is 1. The Bertz CT molecular complexity index is 842. The Hall–Kier alpha value is -2.08. The molecule has 0 aliphatic heterocycles. The summed E-state index contributed by atoms with van der Waals surface area (Å²) in [6, 6.07) is 7.79. The molecule has 0 N–H and O–H groups in total. The normalized spacial score (nSPS) is 10.6. The second-order valence-electron chi connectivity index (χ2n) is 4.41. The van der Waals surface area contributed by atoms with Crippen LogP contribution in [0.2, 0.25) is 15.1 Å². The van der Waals surface area contributed by atoms with Crippen molar-refractivity contribution in [2.45, 2.75) is 0 Å². The summed E-state index contributed by atoms with van der Waals surface area (Å²) in [5.74, 6) is -0.359. The fraction of sp³-hybridized carbons (Fsp3) is 0. The van der Waals surface area contributed by atoms with Crippen LogP contribution in [-0.4, -0.2) is 16.1 Å². The topological polar surface area (TPSA) is 65.2 Å². The number of hydrogen-bond donors (Lipinski definition) is 0. The average molecular weight is 370 g/mol. The van der Waals surface area contributed by atoms with Crippen molar-refractivity contribution in [1.29, 1.82) is 0 Å². The van der Waals surface area contributed by atoms with Gasteiger partial charge in [0.2, 0.25) is 0 Å². The van der Waals surface area contributed by atoms with Gasteiger partial charge >= 0.3 is 5.97 Å². The smallest absolute Gasteiger partial charge is 0.366 e. The first-order chi connectivity index (χ1) is 11.0. The zero-order valence-electron chi connectivity index (χ0n) is 11.3. The number of nitrogens with zero attached hydrogens (tertiary/aromatic N) is 2. The molecule has 0 atom stereocenters. The van der Waals surface area contributed by atoms with Gasteiger partial charge in [0, 0.05) is 29.0 Å². The van der Waals surface area contributed by atoms with Crippen LogP contribution in [0.1, 0.15) is 10.5 Å². The zero-order chi connectivity index (χ0) is 16.4. The molecule has 0 bridgehead atoms. The standard InChI is InChI=1S/C15H7Cl3N2O3/c16-9-4-10(17)14(11(18)5-9)22-15(21)12-6-13(23-20-12)8-2-1-3-19-7-8/h1-7H. The Morgan fingerprint density at radius 3 is 2.52 bits per heavy atom. The Balaban J connectivity index is 1.84. The highest BCUT2D eigenvalue weighted by Gasteiger charge is 2.19. The maximum absolute atomic E-state index is 12.1. The van der Waals surface area contributed by atoms with Crippen molar-refractivity contribution in [3.8, 4) is 17.1 Å². The predicted molar refractivity (Wildman–Crippen MR) is 86.2 cm³/mol. The molecule has 3 rings (SSSR count). The van der Waals surface area contributed by atoms with Gasteiger partial charge in [-0.1, -0.05) is 40.0 Å². The van der Waals surface area contributed by atoms with E-state index in [4.69, 9.17) is 44.1 Å². The fourth-order valence-corrected chi connectivity index (χ4v) is 2.68. The summed E-state index contributed by atoms with van der Waals surface area (Å²) in [6.07, 6.45) is 3.21. The lowest BCUT2D eigenvalue weighted by molar-refractivity contribution is 0.0724. The van der Waals surface area contributed by atoms with Crippen molar-refractivity contribution in [1.82, 2.24) is 10.1 Å². The van der Waals surface area contributed by atoms with Gasteiger partial charge in [0.15, 0.2) is 17.2 Å². The van der Waals surface area contributed by atoms with Crippen LogP contribution in [0.4, 0.5) is 0 Å². The molecule has 0 spiro atoms. The summed E-state index contributed by atoms with van der Waals surface area (Å²) in [5, 5.41) is 4.24. The van der Waals surface area contributed by atoms with E-state index in [2.05, 4.69) is 10.1 Å². The summed E-state index contributed by atoms with van der Waals surface area (Å²) >= 11 is 17.7. The van der Waals surface area contributed by atoms with Crippen LogP contribution in [0.25, 0.3) is 11.3 Å². The Labute approximate surface area is 145 Å². The largest absolute Gasteiger partial charge is 0.419 e. The third-order valence-electron chi connectivity index (χ3n) is 2.82. The third-order valence-corrected chi connectivity index (χ3v) is 3.60. The zero-order valence-corrected chi connectivity index (χ0v) is 13.6. The first-order valence-corrected chi connectivity index (χ1v) is 7.42. The van der Waals surface area contributed by atoms with E-state index in [1.165, 1.54) is 18.2 Å². The molecular weight excluding hydrogens is 363 g/mol. The summed E-state index contributed by atoms with van der Waals surface area (Å²) in [5.41, 5.74) is 0.660. The van der Waals surface area contributed by atoms with Gasteiger partial charge in [-0.2, -0.15) is 0 Å². The molecule has 0 saturated carbocycles. The minimum Gasteiger partial charge on any atom is -0.419 e. The first kappa shape index (κ1) is 15.8. The van der Waals surface area contributed by atoms with Crippen molar-refractivity contribution in [2.75, 3.05) is 0 Å². The maximum Gasteiger partial charge on any atom is 0.366 e. The summed E-state index contributed by atoms with van der Waals surface area (Å²) in [4.78, 5) is 16.1. The van der Waals surface area contributed by atoms with E-state index in [0.717, 1.165) is 0 Å². The molecule has 8 heteroatoms. The van der Waals surface area contributed by atoms with Gasteiger partial charge in [-0.05, 0) is 24.3 Å². The monoisotopic (exact) mass is 368 g/mol. The van der Waals surface area contributed by atoms with Crippen LogP contribution >= 0.6 is 34.8 Å². The Kier molecular flexibility index (Phi) is 4.52. The van der Waals surface area contributed by atoms with E-state index in [9.17, 15) is 4.79 Å². The van der Waals surface area contributed by atoms with Crippen LogP contribution in [0.15, 0.2) is 47.2 Å². The van der Waals surface area contributed by atoms with Gasteiger partial charge < -0.3 is 9.26 Å². The van der Waals surface area contributed by atoms with Crippen LogP contribution in [0, 0.1) is 0 Å². The second-order valence-corrected chi connectivity index (χ2v) is 5.66. The lowest BCUT2D eigenvalue weighted by Crippen LogP contribution is -2.09. The molecule has 2 heterocycles. The van der Waals surface area contributed by atoms with Gasteiger partial charge in [-0.25, -0.2) is 4.79 Å². The molecular formula is C15H7Cl3N2O3. The van der Waals surface area contributed by atoms with E-state index in [-0.39, 0.29) is 21.5 Å². The van der Waals surface area contributed by atoms with Gasteiger partial charge in [0.25, 0.3) is 0 Å². The van der Waals surface area contributed by atoms with E-state index in [1.807, 2.05) is 0 Å². The molecule has 3 aromatic rings. The van der Waals surface area contributed by atoms with Gasteiger partial charge in [-0.15, -0.1) is 0 Å². The van der Waals surface area contributed by atoms with Crippen molar-refractivity contribution < 1.29 is 14.1 Å². The molecule has 0 aliphatic rings. The van der Waals surface area contributed by atoms with Gasteiger partial charge in [-0.3, -0.25) is 4.98 Å². The molecule has 116 valence electrons. The molecule has 2 aromatic heterocycles. The van der Waals surface area contributed by atoms with E-state index >= 15 is 0 Å². The van der Waals surface area contributed by atoms with Crippen LogP contribution in [0.3, 0.4) is 0 Å². The van der Waals surface area contributed by atoms with Crippen molar-refractivity contribution >= 4 is 40.8 Å². The first-order valence-electron chi connectivity index (χ1n) is 6.28. The molecule has 0 saturated heterocycles. The Morgan fingerprint density at radius 1 is 1.13 bits per heavy atom. The predicted octanol–water partition coefficient (Wildman–Crippen LogP) is 4.92. The molecule has 23 heavy (non-hydrogen) atoms. The van der Waals surface area contributed by atoms with E-state index in [0.29, 0.717) is 16.3 Å². The van der Waals surface area contributed by atoms with Crippen molar-refractivity contribution in [3.63, 3.8) is 0 Å². The number of esters is 1. The van der Waals surface area contributed by atoms with Crippen molar-refractivity contribution in [3.05, 3.63) is 63.5 Å². The van der Waals surface area contributed by atoms with Crippen LogP contribution in [0.5, 0.6) is 5.75 Å². The molecule has 0 fully saturated rings. The number of hydrogen-bond acceptors (Lipinski definition) is 5. The summed E-state index contributed by atoms with van der Waals surface area (Å²) < 4.78 is 10.3. The highest BCUT2D eigenvalue weighted by Crippen LogP contribution is 2.36. The lowest BCUT2D eigenvalue weighted by Gasteiger charge is -2.07. The molecule has 0 unspecified atom stereocenters. The molecule has 0 aliphatic carbocycles. The molecule has 0 amide bonds. The summed E-state index contributed by atoms with van der Waals surface area (Å²) in [6.45, 7) is 0. The van der Waals surface area contributed by atoms with E-state index in [1.54, 1.807) is 24.5 Å². The minimum atomic E-state index is -0.755. The Morgan fingerprint density at radius 2 is 1.87 bits per heavy atom. The van der Waals surface area contributed by atoms with Crippen LogP contribution < -0.4 is 4.74 Å². The number of ether oxygens (including phenoxy) is 1. The molecule has 1 aromatic carbocycles. The van der Waals surface area contributed by atoms with Crippen LogP contribution in [-0.2, 0) is 0 Å². The highest BCUT2D eigenvalue weighted by atomic mass is 35.5. The SMILES string of the molecule is O=C(Oc1c(Cl)cc(Cl)cc1Cl)c1cc(-c2cccnc2)on1. The highest BCUT2D eigenvalue weighted by molar-refractivity contribution is 6.40. The number of pyridine rings is 1. The van der Waals surface area contributed by atoms with E-state index < -0.39 is 5.97 Å². The average Bonchev–Trinajstić information content (AvgIpc) is 3.01. The quantitative estimate of drug-likeness (QED) is 0.484. The number of halogens is 3. The number of carbonyl (C=O) groups is 1. The second kappa shape index (κ2) is 6.58. The lowest BCUT2D eigenvalue weighted by atomic mass is 10.2. The molecule has 5 nitrogen and oxygen atoms in total. The number of rotatable bonds is 3. The maximum atomic E-state index is 12.1.